The number of rotatable bonds is 5. The van der Waals surface area contributed by atoms with E-state index < -0.39 is 11.2 Å². The highest BCUT2D eigenvalue weighted by Gasteiger charge is 2.16. The molecular weight excluding hydrogens is 290 g/mol. The Morgan fingerprint density at radius 1 is 1.45 bits per heavy atom. The minimum atomic E-state index is -0.538. The second-order valence-corrected chi connectivity index (χ2v) is 4.73. The van der Waals surface area contributed by atoms with Gasteiger partial charge in [0.05, 0.1) is 19.4 Å². The number of imidazole rings is 1. The van der Waals surface area contributed by atoms with Crippen LogP contribution in [0.2, 0.25) is 0 Å². The summed E-state index contributed by atoms with van der Waals surface area (Å²) in [7, 11) is 1.52. The number of aliphatic hydroxyl groups is 1. The first-order valence-electron chi connectivity index (χ1n) is 6.68. The average Bonchev–Trinajstić information content (AvgIpc) is 3.11. The van der Waals surface area contributed by atoms with Crippen LogP contribution >= 0.6 is 0 Å². The van der Waals surface area contributed by atoms with Gasteiger partial charge in [-0.05, 0) is 12.1 Å². The lowest BCUT2D eigenvalue weighted by atomic mass is 10.4. The predicted octanol–water partition coefficient (Wildman–Crippen LogP) is -0.379. The van der Waals surface area contributed by atoms with Crippen molar-refractivity contribution in [3.05, 3.63) is 45.0 Å². The SMILES string of the molecule is Cn1c(=O)[nH]c(=O)c2c1nc(NCc1ccco1)n2CCO. The highest BCUT2D eigenvalue weighted by Crippen LogP contribution is 2.16. The zero-order valence-corrected chi connectivity index (χ0v) is 11.9. The summed E-state index contributed by atoms with van der Waals surface area (Å²) in [6.07, 6.45) is 1.56. The van der Waals surface area contributed by atoms with E-state index in [1.165, 1.54) is 16.2 Å². The summed E-state index contributed by atoms with van der Waals surface area (Å²) in [5, 5.41) is 12.3. The molecule has 0 aliphatic rings. The lowest BCUT2D eigenvalue weighted by molar-refractivity contribution is 0.278. The Balaban J connectivity index is 2.10. The predicted molar refractivity (Wildman–Crippen MR) is 78.7 cm³/mol. The lowest BCUT2D eigenvalue weighted by Gasteiger charge is -2.07. The van der Waals surface area contributed by atoms with E-state index in [-0.39, 0.29) is 24.3 Å². The summed E-state index contributed by atoms with van der Waals surface area (Å²) in [5.74, 6) is 1.08. The van der Waals surface area contributed by atoms with Crippen LogP contribution in [0.15, 0.2) is 32.4 Å². The number of furan rings is 1. The van der Waals surface area contributed by atoms with Crippen LogP contribution in [0.4, 0.5) is 5.95 Å². The van der Waals surface area contributed by atoms with Gasteiger partial charge in [-0.15, -0.1) is 0 Å². The van der Waals surface area contributed by atoms with E-state index in [2.05, 4.69) is 15.3 Å². The Morgan fingerprint density at radius 3 is 2.95 bits per heavy atom. The molecule has 0 bridgehead atoms. The Morgan fingerprint density at radius 2 is 2.27 bits per heavy atom. The van der Waals surface area contributed by atoms with Crippen LogP contribution in [0, 0.1) is 0 Å². The van der Waals surface area contributed by atoms with E-state index in [1.54, 1.807) is 18.4 Å². The van der Waals surface area contributed by atoms with Gasteiger partial charge in [0.1, 0.15) is 5.76 Å². The molecule has 0 saturated heterocycles. The second kappa shape index (κ2) is 5.53. The van der Waals surface area contributed by atoms with E-state index in [0.29, 0.717) is 18.3 Å². The number of hydrogen-bond donors (Lipinski definition) is 3. The van der Waals surface area contributed by atoms with E-state index in [4.69, 9.17) is 4.42 Å². The number of nitrogens with zero attached hydrogens (tertiary/aromatic N) is 3. The number of fused-ring (bicyclic) bond motifs is 1. The minimum absolute atomic E-state index is 0.164. The topological polar surface area (TPSA) is 118 Å². The third-order valence-corrected chi connectivity index (χ3v) is 3.33. The van der Waals surface area contributed by atoms with Gasteiger partial charge in [-0.2, -0.15) is 4.98 Å². The molecule has 9 heteroatoms. The molecule has 9 nitrogen and oxygen atoms in total. The fourth-order valence-corrected chi connectivity index (χ4v) is 2.27. The largest absolute Gasteiger partial charge is 0.467 e. The molecule has 0 aliphatic heterocycles. The molecule has 0 atom stereocenters. The van der Waals surface area contributed by atoms with Crippen LogP contribution in [0.3, 0.4) is 0 Å². The van der Waals surface area contributed by atoms with Crippen molar-refractivity contribution in [3.8, 4) is 0 Å². The van der Waals surface area contributed by atoms with Crippen LogP contribution in [0.5, 0.6) is 0 Å². The van der Waals surface area contributed by atoms with Crippen LogP contribution < -0.4 is 16.6 Å². The summed E-state index contributed by atoms with van der Waals surface area (Å²) >= 11 is 0. The van der Waals surface area contributed by atoms with Crippen LogP contribution in [0.1, 0.15) is 5.76 Å². The molecule has 0 radical (unpaired) electrons. The van der Waals surface area contributed by atoms with Crippen molar-refractivity contribution in [1.29, 1.82) is 0 Å². The maximum atomic E-state index is 12.0. The Labute approximate surface area is 123 Å². The number of aryl methyl sites for hydroxylation is 1. The van der Waals surface area contributed by atoms with Crippen molar-refractivity contribution in [3.63, 3.8) is 0 Å². The first-order chi connectivity index (χ1) is 10.6. The molecule has 3 aromatic rings. The molecule has 0 unspecified atom stereocenters. The third kappa shape index (κ3) is 2.31. The van der Waals surface area contributed by atoms with Crippen molar-refractivity contribution in [1.82, 2.24) is 19.1 Å². The molecule has 0 aromatic carbocycles. The Bertz CT molecular complexity index is 903. The number of hydrogen-bond acceptors (Lipinski definition) is 6. The monoisotopic (exact) mass is 305 g/mol. The molecule has 3 aromatic heterocycles. The molecule has 0 amide bonds. The molecule has 0 spiro atoms. The van der Waals surface area contributed by atoms with Gasteiger partial charge >= 0.3 is 5.69 Å². The van der Waals surface area contributed by atoms with Gasteiger partial charge < -0.3 is 19.4 Å². The van der Waals surface area contributed by atoms with Gasteiger partial charge in [0, 0.05) is 13.6 Å². The van der Waals surface area contributed by atoms with Crippen molar-refractivity contribution in [2.24, 2.45) is 7.05 Å². The minimum Gasteiger partial charge on any atom is -0.467 e. The Kier molecular flexibility index (Phi) is 3.55. The number of aromatic amines is 1. The maximum Gasteiger partial charge on any atom is 0.329 e. The van der Waals surface area contributed by atoms with Gasteiger partial charge in [0.2, 0.25) is 5.95 Å². The maximum absolute atomic E-state index is 12.0. The highest BCUT2D eigenvalue weighted by molar-refractivity contribution is 5.74. The number of H-pyrrole nitrogens is 1. The first-order valence-corrected chi connectivity index (χ1v) is 6.68. The van der Waals surface area contributed by atoms with Crippen molar-refractivity contribution >= 4 is 17.1 Å². The van der Waals surface area contributed by atoms with E-state index >= 15 is 0 Å². The fourth-order valence-electron chi connectivity index (χ4n) is 2.27. The van der Waals surface area contributed by atoms with Gasteiger partial charge in [-0.1, -0.05) is 0 Å². The quantitative estimate of drug-likeness (QED) is 0.591. The van der Waals surface area contributed by atoms with Crippen LogP contribution in [-0.2, 0) is 20.1 Å². The third-order valence-electron chi connectivity index (χ3n) is 3.33. The zero-order chi connectivity index (χ0) is 15.7. The number of aliphatic hydroxyl groups excluding tert-OH is 1. The molecule has 3 heterocycles. The molecular formula is C13H15N5O4. The van der Waals surface area contributed by atoms with E-state index in [1.807, 2.05) is 0 Å². The number of nitrogens with one attached hydrogen (secondary N) is 2. The van der Waals surface area contributed by atoms with Crippen LogP contribution in [0.25, 0.3) is 11.2 Å². The number of anilines is 1. The summed E-state index contributed by atoms with van der Waals surface area (Å²) in [4.78, 5) is 30.2. The van der Waals surface area contributed by atoms with Crippen molar-refractivity contribution in [2.45, 2.75) is 13.1 Å². The summed E-state index contributed by atoms with van der Waals surface area (Å²) in [5.41, 5.74) is -0.587. The zero-order valence-electron chi connectivity index (χ0n) is 11.9. The smallest absolute Gasteiger partial charge is 0.329 e. The van der Waals surface area contributed by atoms with Gasteiger partial charge in [-0.3, -0.25) is 14.3 Å². The highest BCUT2D eigenvalue weighted by atomic mass is 16.3. The van der Waals surface area contributed by atoms with Gasteiger partial charge in [-0.25, -0.2) is 4.79 Å². The van der Waals surface area contributed by atoms with E-state index in [9.17, 15) is 14.7 Å². The van der Waals surface area contributed by atoms with E-state index in [0.717, 1.165) is 0 Å². The molecule has 3 N–H and O–H groups in total. The summed E-state index contributed by atoms with van der Waals surface area (Å²) in [6.45, 7) is 0.384. The Hall–Kier alpha value is -2.81. The first kappa shape index (κ1) is 14.1. The van der Waals surface area contributed by atoms with Gasteiger partial charge in [0.15, 0.2) is 11.2 Å². The molecule has 3 rings (SSSR count). The molecule has 0 aliphatic carbocycles. The van der Waals surface area contributed by atoms with Crippen molar-refractivity contribution in [2.75, 3.05) is 11.9 Å². The second-order valence-electron chi connectivity index (χ2n) is 4.73. The molecule has 22 heavy (non-hydrogen) atoms. The average molecular weight is 305 g/mol. The molecule has 0 fully saturated rings. The number of aromatic nitrogens is 4. The van der Waals surface area contributed by atoms with Gasteiger partial charge in [0.25, 0.3) is 5.56 Å². The summed E-state index contributed by atoms with van der Waals surface area (Å²) in [6, 6.07) is 3.57. The summed E-state index contributed by atoms with van der Waals surface area (Å²) < 4.78 is 8.01. The normalized spacial score (nSPS) is 11.2. The van der Waals surface area contributed by atoms with Crippen molar-refractivity contribution < 1.29 is 9.52 Å². The lowest BCUT2D eigenvalue weighted by Crippen LogP contribution is -2.29. The standard InChI is InChI=1S/C13H15N5O4/c1-17-10-9(11(20)16-13(17)21)18(4-5-19)12(15-10)14-7-8-3-2-6-22-8/h2-3,6,19H,4-5,7H2,1H3,(H,14,15)(H,16,20,21). The molecule has 116 valence electrons. The fraction of sp³-hybridized carbons (Fsp3) is 0.308. The van der Waals surface area contributed by atoms with Crippen LogP contribution in [-0.4, -0.2) is 30.8 Å². The molecule has 0 saturated carbocycles.